The lowest BCUT2D eigenvalue weighted by Gasteiger charge is -2.55. The number of nitrogens with zero attached hydrogens (tertiary/aromatic N) is 4. The molecule has 0 bridgehead atoms. The van der Waals surface area contributed by atoms with E-state index in [1.54, 1.807) is 18.1 Å². The highest BCUT2D eigenvalue weighted by Crippen LogP contribution is 2.42. The van der Waals surface area contributed by atoms with Gasteiger partial charge < -0.3 is 14.5 Å². The number of ether oxygens (including phenoxy) is 1. The first-order valence-corrected chi connectivity index (χ1v) is 9.66. The van der Waals surface area contributed by atoms with Crippen molar-refractivity contribution in [2.45, 2.75) is 31.5 Å². The van der Waals surface area contributed by atoms with Gasteiger partial charge in [-0.3, -0.25) is 19.5 Å². The molecule has 7 nitrogen and oxygen atoms in total. The molecule has 27 heavy (non-hydrogen) atoms. The summed E-state index contributed by atoms with van der Waals surface area (Å²) in [5.74, 6) is 1.06. The number of carbonyl (C=O) groups excluding carboxylic acids is 2. The SMILES string of the molecule is CC1CC1C(=O)N1CC2(C1)CN(C)C(C(=O)N(C)Cc1ccccn1)CO2. The van der Waals surface area contributed by atoms with Crippen LogP contribution < -0.4 is 0 Å². The van der Waals surface area contributed by atoms with E-state index in [4.69, 9.17) is 4.74 Å². The van der Waals surface area contributed by atoms with E-state index in [-0.39, 0.29) is 29.4 Å². The molecule has 146 valence electrons. The van der Waals surface area contributed by atoms with Crippen molar-refractivity contribution in [3.8, 4) is 0 Å². The summed E-state index contributed by atoms with van der Waals surface area (Å²) in [5, 5.41) is 0. The Balaban J connectivity index is 1.30. The van der Waals surface area contributed by atoms with E-state index >= 15 is 0 Å². The second-order valence-corrected chi connectivity index (χ2v) is 8.45. The summed E-state index contributed by atoms with van der Waals surface area (Å²) in [6, 6.07) is 5.41. The van der Waals surface area contributed by atoms with Crippen LogP contribution in [0, 0.1) is 11.8 Å². The highest BCUT2D eigenvalue weighted by atomic mass is 16.5. The summed E-state index contributed by atoms with van der Waals surface area (Å²) < 4.78 is 6.11. The third-order valence-electron chi connectivity index (χ3n) is 6.10. The van der Waals surface area contributed by atoms with Crippen LogP contribution in [0.25, 0.3) is 0 Å². The Kier molecular flexibility index (Phi) is 4.68. The molecule has 4 rings (SSSR count). The van der Waals surface area contributed by atoms with E-state index in [0.29, 0.717) is 38.7 Å². The van der Waals surface area contributed by atoms with Gasteiger partial charge in [-0.2, -0.15) is 0 Å². The second-order valence-electron chi connectivity index (χ2n) is 8.45. The molecule has 2 amide bonds. The molecule has 3 heterocycles. The summed E-state index contributed by atoms with van der Waals surface area (Å²) in [5.41, 5.74) is 0.561. The van der Waals surface area contributed by atoms with Crippen LogP contribution in [0.4, 0.5) is 0 Å². The largest absolute Gasteiger partial charge is 0.368 e. The van der Waals surface area contributed by atoms with Crippen molar-refractivity contribution in [2.24, 2.45) is 11.8 Å². The lowest BCUT2D eigenvalue weighted by molar-refractivity contribution is -0.203. The molecule has 1 aromatic rings. The molecule has 3 aliphatic rings. The van der Waals surface area contributed by atoms with Crippen LogP contribution in [0.5, 0.6) is 0 Å². The minimum atomic E-state index is -0.307. The number of aromatic nitrogens is 1. The average molecular weight is 372 g/mol. The molecule has 0 radical (unpaired) electrons. The zero-order valence-electron chi connectivity index (χ0n) is 16.3. The van der Waals surface area contributed by atoms with Crippen LogP contribution in [0.2, 0.25) is 0 Å². The van der Waals surface area contributed by atoms with E-state index in [2.05, 4.69) is 16.8 Å². The van der Waals surface area contributed by atoms with Crippen LogP contribution in [-0.2, 0) is 20.9 Å². The van der Waals surface area contributed by atoms with E-state index < -0.39 is 0 Å². The highest BCUT2D eigenvalue weighted by molar-refractivity contribution is 5.83. The molecule has 3 unspecified atom stereocenters. The van der Waals surface area contributed by atoms with Gasteiger partial charge in [-0.15, -0.1) is 0 Å². The molecule has 3 atom stereocenters. The van der Waals surface area contributed by atoms with Crippen molar-refractivity contribution in [3.05, 3.63) is 30.1 Å². The Labute approximate surface area is 160 Å². The quantitative estimate of drug-likeness (QED) is 0.775. The fraction of sp³-hybridized carbons (Fsp3) is 0.650. The van der Waals surface area contributed by atoms with Crippen molar-refractivity contribution in [1.29, 1.82) is 0 Å². The van der Waals surface area contributed by atoms with Crippen LogP contribution in [0.1, 0.15) is 19.0 Å². The predicted molar refractivity (Wildman–Crippen MR) is 99.7 cm³/mol. The maximum Gasteiger partial charge on any atom is 0.242 e. The molecule has 1 aliphatic carbocycles. The molecule has 0 N–H and O–H groups in total. The van der Waals surface area contributed by atoms with Gasteiger partial charge in [0.2, 0.25) is 11.8 Å². The number of carbonyl (C=O) groups is 2. The third kappa shape index (κ3) is 3.58. The molecule has 2 aliphatic heterocycles. The molecular formula is C20H28N4O3. The number of pyridine rings is 1. The Morgan fingerprint density at radius 1 is 1.33 bits per heavy atom. The second kappa shape index (κ2) is 6.87. The zero-order valence-corrected chi connectivity index (χ0v) is 16.3. The number of likely N-dealkylation sites (tertiary alicyclic amines) is 1. The maximum absolute atomic E-state index is 12.8. The summed E-state index contributed by atoms with van der Waals surface area (Å²) >= 11 is 0. The predicted octanol–water partition coefficient (Wildman–Crippen LogP) is 0.608. The van der Waals surface area contributed by atoms with Crippen LogP contribution in [0.15, 0.2) is 24.4 Å². The monoisotopic (exact) mass is 372 g/mol. The van der Waals surface area contributed by atoms with E-state index in [1.807, 2.05) is 30.1 Å². The fourth-order valence-corrected chi connectivity index (χ4v) is 4.22. The minimum absolute atomic E-state index is 0.0389. The van der Waals surface area contributed by atoms with Gasteiger partial charge in [0.15, 0.2) is 0 Å². The summed E-state index contributed by atoms with van der Waals surface area (Å²) in [7, 11) is 3.77. The van der Waals surface area contributed by atoms with Gasteiger partial charge in [-0.1, -0.05) is 13.0 Å². The minimum Gasteiger partial charge on any atom is -0.368 e. The highest BCUT2D eigenvalue weighted by Gasteiger charge is 2.54. The topological polar surface area (TPSA) is 66.0 Å². The van der Waals surface area contributed by atoms with Gasteiger partial charge in [0, 0.05) is 25.7 Å². The summed E-state index contributed by atoms with van der Waals surface area (Å²) in [6.07, 6.45) is 2.75. The Morgan fingerprint density at radius 3 is 2.67 bits per heavy atom. The summed E-state index contributed by atoms with van der Waals surface area (Å²) in [6.45, 7) is 4.93. The Bertz CT molecular complexity index is 719. The van der Waals surface area contributed by atoms with E-state index in [1.165, 1.54) is 0 Å². The van der Waals surface area contributed by atoms with E-state index in [9.17, 15) is 9.59 Å². The molecule has 1 saturated carbocycles. The lowest BCUT2D eigenvalue weighted by atomic mass is 9.90. The molecule has 1 spiro atoms. The molecule has 0 aromatic carbocycles. The van der Waals surface area contributed by atoms with Crippen LogP contribution in [0.3, 0.4) is 0 Å². The first-order valence-electron chi connectivity index (χ1n) is 9.66. The van der Waals surface area contributed by atoms with Gasteiger partial charge in [-0.05, 0) is 31.5 Å². The van der Waals surface area contributed by atoms with Crippen molar-refractivity contribution in [3.63, 3.8) is 0 Å². The molecular weight excluding hydrogens is 344 g/mol. The number of morpholine rings is 1. The van der Waals surface area contributed by atoms with Gasteiger partial charge in [-0.25, -0.2) is 0 Å². The Hall–Kier alpha value is -1.99. The number of likely N-dealkylation sites (N-methyl/N-ethyl adjacent to an activating group) is 2. The zero-order chi connectivity index (χ0) is 19.2. The standard InChI is InChI=1S/C20H28N4O3/c1-14-8-16(14)18(25)24-12-20(13-24)11-23(3)17(10-27-20)19(26)22(2)9-15-6-4-5-7-21-15/h4-7,14,16-17H,8-13H2,1-3H3. The molecule has 3 fully saturated rings. The molecule has 1 aromatic heterocycles. The number of amides is 2. The van der Waals surface area contributed by atoms with Crippen molar-refractivity contribution < 1.29 is 14.3 Å². The number of hydrogen-bond donors (Lipinski definition) is 0. The first kappa shape index (κ1) is 18.4. The van der Waals surface area contributed by atoms with Gasteiger partial charge >= 0.3 is 0 Å². The molecule has 2 saturated heterocycles. The lowest BCUT2D eigenvalue weighted by Crippen LogP contribution is -2.73. The van der Waals surface area contributed by atoms with Gasteiger partial charge in [0.1, 0.15) is 11.6 Å². The smallest absolute Gasteiger partial charge is 0.242 e. The van der Waals surface area contributed by atoms with Gasteiger partial charge in [0.25, 0.3) is 0 Å². The third-order valence-corrected chi connectivity index (χ3v) is 6.10. The fourth-order valence-electron chi connectivity index (χ4n) is 4.22. The van der Waals surface area contributed by atoms with Crippen LogP contribution in [-0.4, -0.2) is 83.5 Å². The van der Waals surface area contributed by atoms with Crippen LogP contribution >= 0.6 is 0 Å². The summed E-state index contributed by atoms with van der Waals surface area (Å²) in [4.78, 5) is 35.2. The van der Waals surface area contributed by atoms with Crippen molar-refractivity contribution in [1.82, 2.24) is 19.7 Å². The van der Waals surface area contributed by atoms with Crippen molar-refractivity contribution in [2.75, 3.05) is 40.3 Å². The van der Waals surface area contributed by atoms with Gasteiger partial charge in [0.05, 0.1) is 31.9 Å². The normalized spacial score (nSPS) is 29.3. The maximum atomic E-state index is 12.8. The van der Waals surface area contributed by atoms with Crippen molar-refractivity contribution >= 4 is 11.8 Å². The average Bonchev–Trinajstić information content (AvgIpc) is 3.36. The molecule has 7 heteroatoms. The first-order chi connectivity index (χ1) is 12.9. The Morgan fingerprint density at radius 2 is 2.07 bits per heavy atom. The number of rotatable bonds is 4. The number of hydrogen-bond acceptors (Lipinski definition) is 5. The van der Waals surface area contributed by atoms with E-state index in [0.717, 1.165) is 12.1 Å².